The molecular weight excluding hydrogens is 240 g/mol. The van der Waals surface area contributed by atoms with Gasteiger partial charge in [0.05, 0.1) is 12.3 Å². The largest absolute Gasteiger partial charge is 0.411 e. The second-order valence-corrected chi connectivity index (χ2v) is 10.6. The fourth-order valence-corrected chi connectivity index (χ4v) is 2.03. The minimum absolute atomic E-state index is 0.212. The Hall–Kier alpha value is -0.453. The molecule has 0 saturated heterocycles. The standard InChI is InChI=1S/C11H19ClN2OSi/c1-11(2,3)16(4,5)15-7-9-6-10(12)14-8-13-9/h6,8H,7H2,1-5H3. The quantitative estimate of drug-likeness (QED) is 0.613. The zero-order valence-electron chi connectivity index (χ0n) is 10.5. The summed E-state index contributed by atoms with van der Waals surface area (Å²) in [5.74, 6) is 0. The van der Waals surface area contributed by atoms with Crippen molar-refractivity contribution in [3.63, 3.8) is 0 Å². The first kappa shape index (κ1) is 13.6. The first-order chi connectivity index (χ1) is 7.22. The van der Waals surface area contributed by atoms with Gasteiger partial charge in [0, 0.05) is 0 Å². The normalized spacial score (nSPS) is 12.9. The average Bonchev–Trinajstić information content (AvgIpc) is 2.13. The second kappa shape index (κ2) is 4.81. The Bertz CT molecular complexity index is 363. The molecule has 0 fully saturated rings. The highest BCUT2D eigenvalue weighted by Crippen LogP contribution is 2.36. The molecule has 16 heavy (non-hydrogen) atoms. The minimum atomic E-state index is -1.71. The molecule has 1 aromatic rings. The van der Waals surface area contributed by atoms with Crippen molar-refractivity contribution in [3.05, 3.63) is 23.2 Å². The van der Waals surface area contributed by atoms with Crippen LogP contribution in [0.2, 0.25) is 23.3 Å². The van der Waals surface area contributed by atoms with Gasteiger partial charge in [-0.3, -0.25) is 0 Å². The molecule has 0 saturated carbocycles. The molecule has 90 valence electrons. The molecule has 0 amide bonds. The molecule has 0 atom stereocenters. The van der Waals surface area contributed by atoms with Crippen molar-refractivity contribution in [2.24, 2.45) is 0 Å². The van der Waals surface area contributed by atoms with Gasteiger partial charge in [0.2, 0.25) is 0 Å². The highest BCUT2D eigenvalue weighted by molar-refractivity contribution is 6.74. The lowest BCUT2D eigenvalue weighted by Crippen LogP contribution is -2.40. The maximum atomic E-state index is 6.02. The Balaban J connectivity index is 2.65. The van der Waals surface area contributed by atoms with Crippen LogP contribution < -0.4 is 0 Å². The summed E-state index contributed by atoms with van der Waals surface area (Å²) in [5, 5.41) is 0.674. The van der Waals surface area contributed by atoms with Crippen molar-refractivity contribution in [2.45, 2.75) is 45.5 Å². The van der Waals surface area contributed by atoms with Crippen LogP contribution in [0.1, 0.15) is 26.5 Å². The molecule has 0 bridgehead atoms. The molecule has 0 aliphatic carbocycles. The lowest BCUT2D eigenvalue weighted by molar-refractivity contribution is 0.272. The summed E-state index contributed by atoms with van der Waals surface area (Å²) in [6.07, 6.45) is 1.46. The fourth-order valence-electron chi connectivity index (χ4n) is 0.920. The van der Waals surface area contributed by atoms with Gasteiger partial charge in [0.1, 0.15) is 11.5 Å². The third-order valence-electron chi connectivity index (χ3n) is 3.08. The molecule has 3 nitrogen and oxygen atoms in total. The van der Waals surface area contributed by atoms with Crippen LogP contribution in [0.5, 0.6) is 0 Å². The van der Waals surface area contributed by atoms with Crippen molar-refractivity contribution in [1.29, 1.82) is 0 Å². The Morgan fingerprint density at radius 1 is 1.31 bits per heavy atom. The van der Waals surface area contributed by atoms with E-state index in [0.717, 1.165) is 5.69 Å². The Morgan fingerprint density at radius 3 is 2.44 bits per heavy atom. The van der Waals surface area contributed by atoms with Gasteiger partial charge >= 0.3 is 0 Å². The van der Waals surface area contributed by atoms with Crippen LogP contribution in [0.3, 0.4) is 0 Å². The Morgan fingerprint density at radius 2 is 1.94 bits per heavy atom. The van der Waals surface area contributed by atoms with Gasteiger partial charge in [0.15, 0.2) is 8.32 Å². The van der Waals surface area contributed by atoms with Crippen molar-refractivity contribution < 1.29 is 4.43 Å². The molecule has 0 aliphatic heterocycles. The second-order valence-electron chi connectivity index (χ2n) is 5.38. The fraction of sp³-hybridized carbons (Fsp3) is 0.636. The van der Waals surface area contributed by atoms with E-state index >= 15 is 0 Å². The summed E-state index contributed by atoms with van der Waals surface area (Å²) < 4.78 is 6.02. The number of hydrogen-bond acceptors (Lipinski definition) is 3. The molecule has 1 heterocycles. The summed E-state index contributed by atoms with van der Waals surface area (Å²) in [4.78, 5) is 7.97. The topological polar surface area (TPSA) is 35.0 Å². The van der Waals surface area contributed by atoms with Crippen LogP contribution in [-0.4, -0.2) is 18.3 Å². The van der Waals surface area contributed by atoms with Crippen LogP contribution >= 0.6 is 11.6 Å². The van der Waals surface area contributed by atoms with E-state index in [1.807, 2.05) is 0 Å². The van der Waals surface area contributed by atoms with Crippen LogP contribution in [-0.2, 0) is 11.0 Å². The van der Waals surface area contributed by atoms with Crippen molar-refractivity contribution in [3.8, 4) is 0 Å². The molecule has 5 heteroatoms. The lowest BCUT2D eigenvalue weighted by atomic mass is 10.2. The first-order valence-electron chi connectivity index (χ1n) is 5.33. The molecule has 0 radical (unpaired) electrons. The maximum absolute atomic E-state index is 6.02. The number of aromatic nitrogens is 2. The summed E-state index contributed by atoms with van der Waals surface area (Å²) in [5.41, 5.74) is 0.838. The van der Waals surface area contributed by atoms with E-state index < -0.39 is 8.32 Å². The summed E-state index contributed by atoms with van der Waals surface area (Å²) >= 11 is 5.79. The highest BCUT2D eigenvalue weighted by atomic mass is 35.5. The van der Waals surface area contributed by atoms with Crippen molar-refractivity contribution in [1.82, 2.24) is 9.97 Å². The van der Waals surface area contributed by atoms with Crippen LogP contribution in [0, 0.1) is 0 Å². The predicted octanol–water partition coefficient (Wildman–Crippen LogP) is 3.65. The smallest absolute Gasteiger partial charge is 0.192 e. The monoisotopic (exact) mass is 258 g/mol. The van der Waals surface area contributed by atoms with Gasteiger partial charge in [-0.2, -0.15) is 0 Å². The van der Waals surface area contributed by atoms with Crippen molar-refractivity contribution >= 4 is 19.9 Å². The van der Waals surface area contributed by atoms with E-state index in [1.54, 1.807) is 6.07 Å². The third kappa shape index (κ3) is 3.54. The van der Waals surface area contributed by atoms with E-state index in [4.69, 9.17) is 16.0 Å². The van der Waals surface area contributed by atoms with Gasteiger partial charge in [-0.15, -0.1) is 0 Å². The van der Waals surface area contributed by atoms with E-state index in [0.29, 0.717) is 11.8 Å². The maximum Gasteiger partial charge on any atom is 0.192 e. The third-order valence-corrected chi connectivity index (χ3v) is 7.76. The molecule has 0 N–H and O–H groups in total. The molecule has 0 aliphatic rings. The number of hydrogen-bond donors (Lipinski definition) is 0. The summed E-state index contributed by atoms with van der Waals surface area (Å²) in [7, 11) is -1.71. The van der Waals surface area contributed by atoms with Gasteiger partial charge in [0.25, 0.3) is 0 Å². The molecular formula is C11H19ClN2OSi. The first-order valence-corrected chi connectivity index (χ1v) is 8.61. The molecule has 0 spiro atoms. The molecule has 1 aromatic heterocycles. The summed E-state index contributed by atoms with van der Waals surface area (Å²) in [6.45, 7) is 11.6. The van der Waals surface area contributed by atoms with Gasteiger partial charge in [-0.05, 0) is 24.2 Å². The van der Waals surface area contributed by atoms with Gasteiger partial charge < -0.3 is 4.43 Å². The predicted molar refractivity (Wildman–Crippen MR) is 69.0 cm³/mol. The van der Waals surface area contributed by atoms with Gasteiger partial charge in [-0.1, -0.05) is 32.4 Å². The zero-order valence-corrected chi connectivity index (χ0v) is 12.3. The number of halogens is 1. The van der Waals surface area contributed by atoms with E-state index in [2.05, 4.69) is 43.8 Å². The lowest BCUT2D eigenvalue weighted by Gasteiger charge is -2.36. The average molecular weight is 259 g/mol. The number of nitrogens with zero attached hydrogens (tertiary/aromatic N) is 2. The van der Waals surface area contributed by atoms with E-state index in [9.17, 15) is 0 Å². The Labute approximate surface area is 103 Å². The van der Waals surface area contributed by atoms with Crippen LogP contribution in [0.25, 0.3) is 0 Å². The Kier molecular flexibility index (Phi) is 4.10. The van der Waals surface area contributed by atoms with Crippen LogP contribution in [0.15, 0.2) is 12.4 Å². The zero-order chi connectivity index (χ0) is 12.4. The van der Waals surface area contributed by atoms with Crippen LogP contribution in [0.4, 0.5) is 0 Å². The van der Waals surface area contributed by atoms with Gasteiger partial charge in [-0.25, -0.2) is 9.97 Å². The molecule has 1 rings (SSSR count). The highest BCUT2D eigenvalue weighted by Gasteiger charge is 2.37. The van der Waals surface area contributed by atoms with E-state index in [1.165, 1.54) is 6.33 Å². The SMILES string of the molecule is CC(C)(C)[Si](C)(C)OCc1cc(Cl)ncn1. The van der Waals surface area contributed by atoms with E-state index in [-0.39, 0.29) is 5.04 Å². The van der Waals surface area contributed by atoms with Crippen molar-refractivity contribution in [2.75, 3.05) is 0 Å². The minimum Gasteiger partial charge on any atom is -0.411 e. The summed E-state index contributed by atoms with van der Waals surface area (Å²) in [6, 6.07) is 1.74. The molecule has 0 aromatic carbocycles. The number of rotatable bonds is 3. The molecule has 0 unspecified atom stereocenters.